The number of aryl methyl sites for hydroxylation is 1. The fraction of sp³-hybridized carbons (Fsp3) is 0.385. The molecule has 3 aromatic rings. The van der Waals surface area contributed by atoms with Crippen LogP contribution in [-0.4, -0.2) is 41.0 Å². The largest absolute Gasteiger partial charge is 0.383 e. The van der Waals surface area contributed by atoms with Crippen molar-refractivity contribution in [2.24, 2.45) is 0 Å². The fourth-order valence-electron chi connectivity index (χ4n) is 4.23. The van der Waals surface area contributed by atoms with E-state index in [0.717, 1.165) is 65.5 Å². The Kier molecular flexibility index (Phi) is 7.39. The lowest BCUT2D eigenvalue weighted by molar-refractivity contribution is 0.308. The Morgan fingerprint density at radius 1 is 1.16 bits per heavy atom. The van der Waals surface area contributed by atoms with Crippen molar-refractivity contribution in [2.45, 2.75) is 41.0 Å². The molecule has 0 radical (unpaired) electrons. The third kappa shape index (κ3) is 4.93. The van der Waals surface area contributed by atoms with E-state index < -0.39 is 0 Å². The Labute approximate surface area is 184 Å². The van der Waals surface area contributed by atoms with Crippen LogP contribution in [0.3, 0.4) is 0 Å². The molecule has 5 heteroatoms. The highest BCUT2D eigenvalue weighted by Gasteiger charge is 2.15. The zero-order chi connectivity index (χ0) is 22.5. The normalized spacial score (nSPS) is 13.0. The van der Waals surface area contributed by atoms with Gasteiger partial charge in [0.15, 0.2) is 0 Å². The molecule has 3 N–H and O–H groups in total. The van der Waals surface area contributed by atoms with Crippen LogP contribution < -0.4 is 15.9 Å². The third-order valence-corrected chi connectivity index (χ3v) is 5.96. The van der Waals surface area contributed by atoms with Crippen LogP contribution in [0.25, 0.3) is 29.3 Å². The number of allylic oxidation sites excluding steroid dienone is 1. The van der Waals surface area contributed by atoms with E-state index in [4.69, 9.17) is 0 Å². The van der Waals surface area contributed by atoms with Crippen LogP contribution in [-0.2, 0) is 0 Å². The van der Waals surface area contributed by atoms with Crippen LogP contribution in [0.1, 0.15) is 49.7 Å². The molecule has 166 valence electrons. The molecule has 0 aliphatic heterocycles. The molecule has 0 unspecified atom stereocenters. The van der Waals surface area contributed by atoms with Crippen LogP contribution in [0.2, 0.25) is 0 Å². The zero-order valence-electron chi connectivity index (χ0n) is 19.5. The summed E-state index contributed by atoms with van der Waals surface area (Å²) in [6, 6.07) is 4.79. The molecule has 0 fully saturated rings. The second-order valence-electron chi connectivity index (χ2n) is 7.99. The van der Waals surface area contributed by atoms with Gasteiger partial charge in [0.1, 0.15) is 5.82 Å². The number of nitrogens with one attached hydrogen (secondary N) is 3. The van der Waals surface area contributed by atoms with Gasteiger partial charge in [-0.3, -0.25) is 0 Å². The predicted molar refractivity (Wildman–Crippen MR) is 131 cm³/mol. The molecule has 2 aromatic heterocycles. The molecular weight excluding hydrogens is 387 g/mol. The Morgan fingerprint density at radius 3 is 2.58 bits per heavy atom. The second kappa shape index (κ2) is 10.0. The van der Waals surface area contributed by atoms with Crippen LogP contribution in [0.5, 0.6) is 0 Å². The summed E-state index contributed by atoms with van der Waals surface area (Å²) in [5.74, 6) is -0.244. The summed E-state index contributed by atoms with van der Waals surface area (Å²) in [4.78, 5) is 9.21. The summed E-state index contributed by atoms with van der Waals surface area (Å²) in [6.07, 6.45) is 5.29. The first-order valence-corrected chi connectivity index (χ1v) is 11.2. The Bertz CT molecular complexity index is 1180. The van der Waals surface area contributed by atoms with Gasteiger partial charge in [0.2, 0.25) is 0 Å². The molecule has 0 amide bonds. The molecule has 0 saturated carbocycles. The average molecular weight is 423 g/mol. The minimum atomic E-state index is -0.244. The second-order valence-corrected chi connectivity index (χ2v) is 7.99. The minimum absolute atomic E-state index is 0.244. The summed E-state index contributed by atoms with van der Waals surface area (Å²) in [5, 5.41) is 6.21. The van der Waals surface area contributed by atoms with Gasteiger partial charge in [-0.2, -0.15) is 0 Å². The van der Waals surface area contributed by atoms with Crippen LogP contribution in [0.15, 0.2) is 24.3 Å². The van der Waals surface area contributed by atoms with E-state index in [1.165, 1.54) is 22.9 Å². The van der Waals surface area contributed by atoms with Gasteiger partial charge in [0, 0.05) is 57.2 Å². The lowest BCUT2D eigenvalue weighted by Gasteiger charge is -2.20. The summed E-state index contributed by atoms with van der Waals surface area (Å²) < 4.78 is 13.9. The van der Waals surface area contributed by atoms with Gasteiger partial charge in [-0.15, -0.1) is 0 Å². The Morgan fingerprint density at radius 2 is 1.90 bits per heavy atom. The molecule has 2 heterocycles. The van der Waals surface area contributed by atoms with Gasteiger partial charge >= 0.3 is 0 Å². The van der Waals surface area contributed by atoms with Gasteiger partial charge in [0.05, 0.1) is 0 Å². The SMILES string of the molecule is C=c1[nH]c2ccc(F)cc2/c1=C/c1[nH]c(C)c(/C(=C/CC)NCCN(CC)CC)c1C. The first-order valence-electron chi connectivity index (χ1n) is 11.2. The molecule has 4 nitrogen and oxygen atoms in total. The number of likely N-dealkylation sites (N-methyl/N-ethyl adjacent to an activating group) is 1. The van der Waals surface area contributed by atoms with Crippen molar-refractivity contribution in [3.05, 3.63) is 63.2 Å². The quantitative estimate of drug-likeness (QED) is 0.485. The van der Waals surface area contributed by atoms with E-state index in [1.807, 2.05) is 0 Å². The van der Waals surface area contributed by atoms with Gasteiger partial charge in [-0.05, 0) is 63.2 Å². The van der Waals surface area contributed by atoms with Crippen LogP contribution in [0.4, 0.5) is 4.39 Å². The number of hydrogen-bond donors (Lipinski definition) is 3. The van der Waals surface area contributed by atoms with E-state index in [9.17, 15) is 4.39 Å². The number of nitrogens with zero attached hydrogens (tertiary/aromatic N) is 1. The Balaban J connectivity index is 1.99. The summed E-state index contributed by atoms with van der Waals surface area (Å²) in [6.45, 7) is 19.0. The molecule has 0 spiro atoms. The monoisotopic (exact) mass is 422 g/mol. The number of aromatic nitrogens is 2. The van der Waals surface area contributed by atoms with Crippen molar-refractivity contribution < 1.29 is 4.39 Å². The number of hydrogen-bond acceptors (Lipinski definition) is 2. The number of aromatic amines is 2. The molecule has 0 atom stereocenters. The topological polar surface area (TPSA) is 46.9 Å². The number of benzene rings is 1. The summed E-state index contributed by atoms with van der Waals surface area (Å²) in [5.41, 5.74) is 6.59. The zero-order valence-corrected chi connectivity index (χ0v) is 19.5. The molecule has 0 aliphatic rings. The van der Waals surface area contributed by atoms with E-state index in [0.29, 0.717) is 0 Å². The maximum absolute atomic E-state index is 13.9. The number of fused-ring (bicyclic) bond motifs is 1. The molecule has 1 aromatic carbocycles. The van der Waals surface area contributed by atoms with Gasteiger partial charge in [-0.1, -0.05) is 33.4 Å². The maximum Gasteiger partial charge on any atom is 0.123 e. The van der Waals surface area contributed by atoms with Crippen LogP contribution in [0, 0.1) is 19.7 Å². The van der Waals surface area contributed by atoms with Crippen molar-refractivity contribution in [3.8, 4) is 0 Å². The van der Waals surface area contributed by atoms with Gasteiger partial charge in [0.25, 0.3) is 0 Å². The molecule has 0 bridgehead atoms. The summed E-state index contributed by atoms with van der Waals surface area (Å²) >= 11 is 0. The molecule has 31 heavy (non-hydrogen) atoms. The van der Waals surface area contributed by atoms with E-state index in [1.54, 1.807) is 12.1 Å². The molecule has 0 saturated heterocycles. The first kappa shape index (κ1) is 22.9. The van der Waals surface area contributed by atoms with Gasteiger partial charge < -0.3 is 20.2 Å². The standard InChI is InChI=1S/C26H35FN4/c1-7-10-24(28-13-14-31(8-2)9-3)26-17(4)25(30-19(26)6)16-21-18(5)29-23-12-11-20(27)15-22(21)23/h10-12,15-16,28-30H,5,7-9,13-14H2,1-4,6H3/b21-16+,24-10-. The fourth-order valence-corrected chi connectivity index (χ4v) is 4.23. The predicted octanol–water partition coefficient (Wildman–Crippen LogP) is 4.17. The maximum atomic E-state index is 13.9. The summed E-state index contributed by atoms with van der Waals surface area (Å²) in [7, 11) is 0. The number of rotatable bonds is 9. The van der Waals surface area contributed by atoms with Crippen molar-refractivity contribution in [1.29, 1.82) is 0 Å². The highest BCUT2D eigenvalue weighted by atomic mass is 19.1. The van der Waals surface area contributed by atoms with E-state index in [-0.39, 0.29) is 5.82 Å². The van der Waals surface area contributed by atoms with Crippen molar-refractivity contribution in [3.63, 3.8) is 0 Å². The highest BCUT2D eigenvalue weighted by Crippen LogP contribution is 2.25. The minimum Gasteiger partial charge on any atom is -0.383 e. The van der Waals surface area contributed by atoms with Crippen molar-refractivity contribution >= 4 is 29.3 Å². The molecule has 0 aliphatic carbocycles. The molecule has 3 rings (SSSR count). The van der Waals surface area contributed by atoms with E-state index in [2.05, 4.69) is 73.5 Å². The lowest BCUT2D eigenvalue weighted by Crippen LogP contribution is -2.31. The molecular formula is C26H35FN4. The van der Waals surface area contributed by atoms with Crippen molar-refractivity contribution in [2.75, 3.05) is 26.2 Å². The van der Waals surface area contributed by atoms with Gasteiger partial charge in [-0.25, -0.2) is 4.39 Å². The van der Waals surface area contributed by atoms with Crippen LogP contribution >= 0.6 is 0 Å². The highest BCUT2D eigenvalue weighted by molar-refractivity contribution is 5.83. The third-order valence-electron chi connectivity index (χ3n) is 5.96. The van der Waals surface area contributed by atoms with Crippen molar-refractivity contribution in [1.82, 2.24) is 20.2 Å². The number of halogens is 1. The lowest BCUT2D eigenvalue weighted by atomic mass is 10.0. The average Bonchev–Trinajstić information content (AvgIpc) is 3.20. The smallest absolute Gasteiger partial charge is 0.123 e. The number of H-pyrrole nitrogens is 2. The van der Waals surface area contributed by atoms with E-state index >= 15 is 0 Å². The first-order chi connectivity index (χ1) is 14.9. The Hall–Kier alpha value is -2.79.